The molecule has 2 rings (SSSR count). The largest absolute Gasteiger partial charge is 0.389 e. The third-order valence-corrected chi connectivity index (χ3v) is 4.28. The van der Waals surface area contributed by atoms with E-state index in [1.165, 1.54) is 0 Å². The van der Waals surface area contributed by atoms with Gasteiger partial charge in [0.2, 0.25) is 5.91 Å². The first kappa shape index (κ1) is 15.7. The van der Waals surface area contributed by atoms with Gasteiger partial charge < -0.3 is 14.7 Å². The van der Waals surface area contributed by atoms with Crippen LogP contribution in [-0.4, -0.2) is 72.4 Å². The highest BCUT2D eigenvalue weighted by Gasteiger charge is 2.33. The minimum atomic E-state index is -0.498. The fourth-order valence-electron chi connectivity index (χ4n) is 3.21. The number of likely N-dealkylation sites (tertiary alicyclic amines) is 2. The molecule has 2 saturated heterocycles. The number of carbonyl (C=O) groups is 1. The van der Waals surface area contributed by atoms with Crippen molar-refractivity contribution in [3.05, 3.63) is 0 Å². The van der Waals surface area contributed by atoms with Crippen LogP contribution in [0.4, 0.5) is 0 Å². The highest BCUT2D eigenvalue weighted by Crippen LogP contribution is 2.21. The number of β-amino-alcohol motifs (C(OH)–C–C–N with tert-alkyl or cyclic N) is 1. The third-order valence-electron chi connectivity index (χ3n) is 4.28. The van der Waals surface area contributed by atoms with E-state index in [4.69, 9.17) is 4.74 Å². The number of aliphatic hydroxyl groups excluding tert-OH is 1. The second-order valence-electron chi connectivity index (χ2n) is 5.85. The van der Waals surface area contributed by atoms with Gasteiger partial charge in [0.15, 0.2) is 0 Å². The lowest BCUT2D eigenvalue weighted by Crippen LogP contribution is -2.52. The first-order valence-corrected chi connectivity index (χ1v) is 8.01. The van der Waals surface area contributed by atoms with E-state index in [9.17, 15) is 9.90 Å². The molecule has 1 N–H and O–H groups in total. The Hall–Kier alpha value is -0.650. The van der Waals surface area contributed by atoms with Crippen molar-refractivity contribution in [3.8, 4) is 0 Å². The molecule has 0 aliphatic carbocycles. The number of hydrogen-bond donors (Lipinski definition) is 1. The molecule has 0 saturated carbocycles. The minimum Gasteiger partial charge on any atom is -0.389 e. The predicted octanol–water partition coefficient (Wildman–Crippen LogP) is 0.861. The third kappa shape index (κ3) is 4.17. The monoisotopic (exact) mass is 284 g/mol. The number of nitrogens with zero attached hydrogens (tertiary/aromatic N) is 2. The van der Waals surface area contributed by atoms with Crippen molar-refractivity contribution in [3.63, 3.8) is 0 Å². The molecule has 2 aliphatic rings. The second-order valence-corrected chi connectivity index (χ2v) is 5.85. The topological polar surface area (TPSA) is 53.0 Å². The van der Waals surface area contributed by atoms with E-state index >= 15 is 0 Å². The summed E-state index contributed by atoms with van der Waals surface area (Å²) < 4.78 is 5.26. The lowest BCUT2D eigenvalue weighted by atomic mass is 10.0. The van der Waals surface area contributed by atoms with Crippen molar-refractivity contribution < 1.29 is 14.6 Å². The maximum Gasteiger partial charge on any atom is 0.239 e. The van der Waals surface area contributed by atoms with Crippen molar-refractivity contribution >= 4 is 5.91 Å². The molecule has 2 aliphatic heterocycles. The smallest absolute Gasteiger partial charge is 0.239 e. The molecule has 5 heteroatoms. The first-order valence-electron chi connectivity index (χ1n) is 8.01. The number of carbonyl (C=O) groups excluding carboxylic acids is 1. The van der Waals surface area contributed by atoms with Crippen LogP contribution in [0.5, 0.6) is 0 Å². The van der Waals surface area contributed by atoms with E-state index in [2.05, 4.69) is 4.90 Å². The predicted molar refractivity (Wildman–Crippen MR) is 77.5 cm³/mol. The van der Waals surface area contributed by atoms with Gasteiger partial charge in [0.25, 0.3) is 0 Å². The molecule has 116 valence electrons. The normalized spacial score (nSPS) is 25.9. The summed E-state index contributed by atoms with van der Waals surface area (Å²) in [6.45, 7) is 6.17. The summed E-state index contributed by atoms with van der Waals surface area (Å²) in [4.78, 5) is 16.7. The van der Waals surface area contributed by atoms with E-state index in [1.54, 1.807) is 0 Å². The van der Waals surface area contributed by atoms with Crippen LogP contribution in [0, 0.1) is 0 Å². The Labute approximate surface area is 121 Å². The summed E-state index contributed by atoms with van der Waals surface area (Å²) in [7, 11) is 0. The van der Waals surface area contributed by atoms with Crippen molar-refractivity contribution in [2.24, 2.45) is 0 Å². The van der Waals surface area contributed by atoms with Crippen LogP contribution in [0.3, 0.4) is 0 Å². The quantitative estimate of drug-likeness (QED) is 0.786. The molecule has 0 bridgehead atoms. The van der Waals surface area contributed by atoms with Gasteiger partial charge in [-0.05, 0) is 39.2 Å². The van der Waals surface area contributed by atoms with Crippen LogP contribution in [0.2, 0.25) is 0 Å². The molecule has 0 aromatic rings. The van der Waals surface area contributed by atoms with E-state index in [-0.39, 0.29) is 11.9 Å². The second kappa shape index (κ2) is 7.96. The molecule has 0 spiro atoms. The standard InChI is InChI=1S/C15H28N2O3/c1-2-20-12-13(18)11-17-10-4-3-7-14(17)15(19)16-8-5-6-9-16/h13-14,18H,2-12H2,1H3/t13-,14+/m1/s1. The van der Waals surface area contributed by atoms with Gasteiger partial charge in [-0.2, -0.15) is 0 Å². The molecule has 2 fully saturated rings. The Bertz CT molecular complexity index is 305. The lowest BCUT2D eigenvalue weighted by Gasteiger charge is -2.37. The van der Waals surface area contributed by atoms with Gasteiger partial charge in [-0.3, -0.25) is 9.69 Å². The summed E-state index contributed by atoms with van der Waals surface area (Å²) in [6.07, 6.45) is 4.92. The highest BCUT2D eigenvalue weighted by atomic mass is 16.5. The van der Waals surface area contributed by atoms with Crippen LogP contribution in [0.25, 0.3) is 0 Å². The zero-order valence-corrected chi connectivity index (χ0v) is 12.6. The Balaban J connectivity index is 1.88. The van der Waals surface area contributed by atoms with Gasteiger partial charge in [-0.15, -0.1) is 0 Å². The van der Waals surface area contributed by atoms with Gasteiger partial charge in [0.05, 0.1) is 18.8 Å². The maximum absolute atomic E-state index is 12.6. The molecule has 0 aromatic carbocycles. The summed E-state index contributed by atoms with van der Waals surface area (Å²) in [5.41, 5.74) is 0. The van der Waals surface area contributed by atoms with E-state index in [1.807, 2.05) is 11.8 Å². The van der Waals surface area contributed by atoms with Gasteiger partial charge in [0.1, 0.15) is 0 Å². The zero-order valence-electron chi connectivity index (χ0n) is 12.6. The zero-order chi connectivity index (χ0) is 14.4. The molecule has 2 heterocycles. The van der Waals surface area contributed by atoms with Crippen molar-refractivity contribution in [1.82, 2.24) is 9.80 Å². The van der Waals surface area contributed by atoms with Crippen molar-refractivity contribution in [1.29, 1.82) is 0 Å². The van der Waals surface area contributed by atoms with Crippen LogP contribution in [-0.2, 0) is 9.53 Å². The van der Waals surface area contributed by atoms with E-state index in [0.717, 1.165) is 51.7 Å². The minimum absolute atomic E-state index is 0.0295. The molecular weight excluding hydrogens is 256 g/mol. The summed E-state index contributed by atoms with van der Waals surface area (Å²) in [5.74, 6) is 0.269. The van der Waals surface area contributed by atoms with E-state index in [0.29, 0.717) is 19.8 Å². The fraction of sp³-hybridized carbons (Fsp3) is 0.933. The summed E-state index contributed by atoms with van der Waals surface area (Å²) >= 11 is 0. The Kier molecular flexibility index (Phi) is 6.26. The number of piperidine rings is 1. The molecule has 2 atom stereocenters. The lowest BCUT2D eigenvalue weighted by molar-refractivity contribution is -0.138. The average molecular weight is 284 g/mol. The SMILES string of the molecule is CCOC[C@H](O)CN1CCCC[C@H]1C(=O)N1CCCC1. The van der Waals surface area contributed by atoms with E-state index < -0.39 is 6.10 Å². The van der Waals surface area contributed by atoms with Gasteiger partial charge in [-0.1, -0.05) is 6.42 Å². The molecule has 0 unspecified atom stereocenters. The summed E-state index contributed by atoms with van der Waals surface area (Å²) in [6, 6.07) is -0.0295. The van der Waals surface area contributed by atoms with Gasteiger partial charge in [0, 0.05) is 26.2 Å². The molecule has 1 amide bonds. The Morgan fingerprint density at radius 3 is 2.65 bits per heavy atom. The van der Waals surface area contributed by atoms with Crippen LogP contribution >= 0.6 is 0 Å². The Morgan fingerprint density at radius 1 is 1.25 bits per heavy atom. The molecule has 5 nitrogen and oxygen atoms in total. The Morgan fingerprint density at radius 2 is 1.95 bits per heavy atom. The number of amides is 1. The highest BCUT2D eigenvalue weighted by molar-refractivity contribution is 5.82. The van der Waals surface area contributed by atoms with Crippen LogP contribution < -0.4 is 0 Å². The molecule has 20 heavy (non-hydrogen) atoms. The molecule has 0 radical (unpaired) electrons. The van der Waals surface area contributed by atoms with Crippen LogP contribution in [0.1, 0.15) is 39.0 Å². The number of ether oxygens (including phenoxy) is 1. The number of aliphatic hydroxyl groups is 1. The van der Waals surface area contributed by atoms with Gasteiger partial charge >= 0.3 is 0 Å². The first-order chi connectivity index (χ1) is 9.72. The van der Waals surface area contributed by atoms with Crippen molar-refractivity contribution in [2.45, 2.75) is 51.2 Å². The van der Waals surface area contributed by atoms with Crippen LogP contribution in [0.15, 0.2) is 0 Å². The average Bonchev–Trinajstić information content (AvgIpc) is 2.99. The number of hydrogen-bond acceptors (Lipinski definition) is 4. The number of rotatable bonds is 6. The summed E-state index contributed by atoms with van der Waals surface area (Å²) in [5, 5.41) is 10.0. The van der Waals surface area contributed by atoms with Crippen molar-refractivity contribution in [2.75, 3.05) is 39.4 Å². The molecule has 0 aromatic heterocycles. The fourth-order valence-corrected chi connectivity index (χ4v) is 3.21. The molecular formula is C15H28N2O3. The maximum atomic E-state index is 12.6. The van der Waals surface area contributed by atoms with Gasteiger partial charge in [-0.25, -0.2) is 0 Å².